The predicted molar refractivity (Wildman–Crippen MR) is 83.6 cm³/mol. The highest BCUT2D eigenvalue weighted by Gasteiger charge is 2.51. The molecule has 0 aliphatic carbocycles. The zero-order valence-corrected chi connectivity index (χ0v) is 13.8. The lowest BCUT2D eigenvalue weighted by Gasteiger charge is -2.41. The maximum Gasteiger partial charge on any atom is 0.421 e. The summed E-state index contributed by atoms with van der Waals surface area (Å²) in [5, 5.41) is 20.7. The van der Waals surface area contributed by atoms with E-state index in [1.54, 1.807) is 6.92 Å². The quantitative estimate of drug-likeness (QED) is 0.813. The van der Waals surface area contributed by atoms with Crippen molar-refractivity contribution in [1.29, 1.82) is 0 Å². The van der Waals surface area contributed by atoms with Crippen LogP contribution in [-0.2, 0) is 5.60 Å². The molecular formula is C17H18F3N2O3-. The third-order valence-electron chi connectivity index (χ3n) is 4.26. The predicted octanol–water partition coefficient (Wildman–Crippen LogP) is 1.31. The van der Waals surface area contributed by atoms with Crippen LogP contribution in [0.3, 0.4) is 0 Å². The molecule has 1 fully saturated rings. The van der Waals surface area contributed by atoms with Gasteiger partial charge < -0.3 is 24.8 Å². The number of rotatable bonds is 2. The molecule has 5 nitrogen and oxygen atoms in total. The molecule has 0 spiro atoms. The molecule has 1 aromatic rings. The van der Waals surface area contributed by atoms with Crippen LogP contribution in [0.25, 0.3) is 0 Å². The number of hydrogen-bond donors (Lipinski definition) is 1. The average Bonchev–Trinajstić information content (AvgIpc) is 2.54. The molecule has 0 saturated carbocycles. The van der Waals surface area contributed by atoms with Crippen LogP contribution in [-0.4, -0.2) is 48.0 Å². The Morgan fingerprint density at radius 1 is 1.28 bits per heavy atom. The van der Waals surface area contributed by atoms with E-state index in [2.05, 4.69) is 11.8 Å². The summed E-state index contributed by atoms with van der Waals surface area (Å²) in [6.45, 7) is 3.01. The molecule has 1 saturated heterocycles. The first kappa shape index (κ1) is 18.9. The lowest BCUT2D eigenvalue weighted by Crippen LogP contribution is -2.57. The van der Waals surface area contributed by atoms with Crippen LogP contribution in [0.2, 0.25) is 0 Å². The fraction of sp³-hybridized carbons (Fsp3) is 0.471. The molecule has 2 rings (SSSR count). The second-order valence-electron chi connectivity index (χ2n) is 5.93. The molecule has 136 valence electrons. The van der Waals surface area contributed by atoms with E-state index in [1.807, 2.05) is 4.90 Å². The summed E-state index contributed by atoms with van der Waals surface area (Å²) in [7, 11) is 0. The van der Waals surface area contributed by atoms with Crippen LogP contribution in [0.15, 0.2) is 24.3 Å². The van der Waals surface area contributed by atoms with Gasteiger partial charge in [-0.25, -0.2) is 0 Å². The first-order valence-electron chi connectivity index (χ1n) is 7.62. The smallest absolute Gasteiger partial charge is 0.421 e. The second-order valence-corrected chi connectivity index (χ2v) is 5.93. The fourth-order valence-electron chi connectivity index (χ4n) is 2.69. The summed E-state index contributed by atoms with van der Waals surface area (Å²) in [5.74, 6) is 5.63. The summed E-state index contributed by atoms with van der Waals surface area (Å²) in [6, 6.07) is 4.93. The van der Waals surface area contributed by atoms with E-state index in [4.69, 9.17) is 0 Å². The molecule has 1 aliphatic heterocycles. The van der Waals surface area contributed by atoms with Crippen molar-refractivity contribution >= 4 is 11.8 Å². The van der Waals surface area contributed by atoms with Gasteiger partial charge in [0.05, 0.1) is 6.54 Å². The molecule has 0 radical (unpaired) electrons. The highest BCUT2D eigenvalue weighted by atomic mass is 19.4. The van der Waals surface area contributed by atoms with Gasteiger partial charge in [-0.3, -0.25) is 0 Å². The summed E-state index contributed by atoms with van der Waals surface area (Å²) in [4.78, 5) is 14.0. The molecule has 25 heavy (non-hydrogen) atoms. The minimum Gasteiger partial charge on any atom is -0.530 e. The molecule has 8 heteroatoms. The van der Waals surface area contributed by atoms with Gasteiger partial charge in [0.1, 0.15) is 12.1 Å². The molecule has 1 aliphatic rings. The van der Waals surface area contributed by atoms with Crippen LogP contribution < -0.4 is 10.0 Å². The standard InChI is InChI=1S/C17H19F3N2O3/c1-3-4-14-11-21(15(23)24)9-10-22(14)13-7-5-12(6-8-13)16(2,25)17(18,19)20/h5-8,14,25H,9-11H2,1-2H3,(H,23,24)/p-1/t14?,16-/m0/s1. The number of aliphatic hydroxyl groups is 1. The Bertz CT molecular complexity index is 690. The Balaban J connectivity index is 2.26. The minimum atomic E-state index is -4.79. The molecule has 1 N–H and O–H groups in total. The minimum absolute atomic E-state index is 0.130. The monoisotopic (exact) mass is 355 g/mol. The lowest BCUT2D eigenvalue weighted by molar-refractivity contribution is -0.266. The Morgan fingerprint density at radius 3 is 2.36 bits per heavy atom. The van der Waals surface area contributed by atoms with Gasteiger partial charge in [0.25, 0.3) is 0 Å². The van der Waals surface area contributed by atoms with Gasteiger partial charge in [-0.2, -0.15) is 13.2 Å². The number of amides is 1. The molecular weight excluding hydrogens is 337 g/mol. The Morgan fingerprint density at radius 2 is 1.88 bits per heavy atom. The van der Waals surface area contributed by atoms with Gasteiger partial charge in [-0.1, -0.05) is 18.1 Å². The zero-order chi connectivity index (χ0) is 18.8. The summed E-state index contributed by atoms with van der Waals surface area (Å²) in [6.07, 6.45) is -6.07. The van der Waals surface area contributed by atoms with Crippen molar-refractivity contribution in [2.24, 2.45) is 0 Å². The zero-order valence-electron chi connectivity index (χ0n) is 13.8. The fourth-order valence-corrected chi connectivity index (χ4v) is 2.69. The number of anilines is 1. The van der Waals surface area contributed by atoms with Gasteiger partial charge in [-0.15, -0.1) is 5.92 Å². The maximum atomic E-state index is 12.9. The molecule has 1 aromatic carbocycles. The summed E-state index contributed by atoms with van der Waals surface area (Å²) in [5.41, 5.74) is -2.61. The maximum absolute atomic E-state index is 12.9. The SMILES string of the molecule is CC#CC1CN(C(=O)[O-])CCN1c1ccc([C@](C)(O)C(F)(F)F)cc1. The van der Waals surface area contributed by atoms with E-state index < -0.39 is 23.9 Å². The molecule has 0 bridgehead atoms. The second kappa shape index (κ2) is 6.84. The van der Waals surface area contributed by atoms with Crippen LogP contribution in [0.1, 0.15) is 19.4 Å². The number of carbonyl (C=O) groups excluding carboxylic acids is 1. The van der Waals surface area contributed by atoms with Gasteiger partial charge in [0.2, 0.25) is 0 Å². The molecule has 2 atom stereocenters. The number of nitrogens with zero attached hydrogens (tertiary/aromatic N) is 2. The Labute approximate surface area is 143 Å². The topological polar surface area (TPSA) is 66.8 Å². The highest BCUT2D eigenvalue weighted by Crippen LogP contribution is 2.39. The molecule has 1 unspecified atom stereocenters. The number of alkyl halides is 3. The van der Waals surface area contributed by atoms with Crippen molar-refractivity contribution in [3.05, 3.63) is 29.8 Å². The van der Waals surface area contributed by atoms with Crippen molar-refractivity contribution in [1.82, 2.24) is 4.90 Å². The van der Waals surface area contributed by atoms with Gasteiger partial charge >= 0.3 is 6.18 Å². The van der Waals surface area contributed by atoms with Crippen molar-refractivity contribution in [3.8, 4) is 11.8 Å². The van der Waals surface area contributed by atoms with E-state index in [0.717, 1.165) is 4.90 Å². The van der Waals surface area contributed by atoms with E-state index in [0.29, 0.717) is 19.2 Å². The number of carboxylic acid groups (broad SMARTS) is 1. The van der Waals surface area contributed by atoms with Crippen LogP contribution >= 0.6 is 0 Å². The van der Waals surface area contributed by atoms with E-state index in [9.17, 15) is 28.2 Å². The lowest BCUT2D eigenvalue weighted by atomic mass is 9.95. The largest absolute Gasteiger partial charge is 0.530 e. The van der Waals surface area contributed by atoms with E-state index in [1.165, 1.54) is 24.3 Å². The van der Waals surface area contributed by atoms with E-state index >= 15 is 0 Å². The van der Waals surface area contributed by atoms with Gasteiger partial charge in [0, 0.05) is 18.8 Å². The van der Waals surface area contributed by atoms with Crippen LogP contribution in [0.4, 0.5) is 23.7 Å². The number of hydrogen-bond acceptors (Lipinski definition) is 4. The molecule has 1 amide bonds. The highest BCUT2D eigenvalue weighted by molar-refractivity contribution is 5.64. The molecule has 0 aromatic heterocycles. The average molecular weight is 355 g/mol. The number of piperazine rings is 1. The number of halogens is 3. The third kappa shape index (κ3) is 3.82. The Hall–Kier alpha value is -2.40. The number of carbonyl (C=O) groups is 1. The first-order chi connectivity index (χ1) is 11.6. The third-order valence-corrected chi connectivity index (χ3v) is 4.26. The summed E-state index contributed by atoms with van der Waals surface area (Å²) >= 11 is 0. The van der Waals surface area contributed by atoms with Crippen molar-refractivity contribution in [3.63, 3.8) is 0 Å². The van der Waals surface area contributed by atoms with Gasteiger partial charge in [-0.05, 0) is 31.5 Å². The molecule has 1 heterocycles. The van der Waals surface area contributed by atoms with Crippen molar-refractivity contribution in [2.45, 2.75) is 31.7 Å². The normalized spacial score (nSPS) is 20.5. The number of benzene rings is 1. The van der Waals surface area contributed by atoms with E-state index in [-0.39, 0.29) is 18.7 Å². The van der Waals surface area contributed by atoms with Gasteiger partial charge in [0.15, 0.2) is 5.60 Å². The summed E-state index contributed by atoms with van der Waals surface area (Å²) < 4.78 is 38.7. The van der Waals surface area contributed by atoms with Crippen LogP contribution in [0, 0.1) is 11.8 Å². The Kier molecular flexibility index (Phi) is 5.18. The van der Waals surface area contributed by atoms with Crippen molar-refractivity contribution < 1.29 is 28.2 Å². The van der Waals surface area contributed by atoms with Crippen LogP contribution in [0.5, 0.6) is 0 Å². The van der Waals surface area contributed by atoms with Crippen molar-refractivity contribution in [2.75, 3.05) is 24.5 Å². The first-order valence-corrected chi connectivity index (χ1v) is 7.62.